The average Bonchev–Trinajstić information content (AvgIpc) is 3.29. The number of carbonyl (C=O) groups is 1. The first-order chi connectivity index (χ1) is 16.0. The fraction of sp³-hybridized carbons (Fsp3) is 0.348. The molecule has 0 bridgehead atoms. The summed E-state index contributed by atoms with van der Waals surface area (Å²) >= 11 is 6.70. The second-order valence-corrected chi connectivity index (χ2v) is 8.75. The summed E-state index contributed by atoms with van der Waals surface area (Å²) in [5.41, 5.74) is 4.34. The van der Waals surface area contributed by atoms with Crippen LogP contribution >= 0.6 is 11.6 Å². The second kappa shape index (κ2) is 8.82. The Kier molecular flexibility index (Phi) is 5.72. The third kappa shape index (κ3) is 4.16. The number of hydrogen-bond donors (Lipinski definition) is 3. The van der Waals surface area contributed by atoms with Crippen LogP contribution in [0.2, 0.25) is 5.02 Å². The first-order valence-corrected chi connectivity index (χ1v) is 11.4. The van der Waals surface area contributed by atoms with E-state index >= 15 is 0 Å². The number of nitrogens with zero attached hydrogens (tertiary/aromatic N) is 5. The van der Waals surface area contributed by atoms with Gasteiger partial charge in [0.15, 0.2) is 11.5 Å². The smallest absolute Gasteiger partial charge is 0.217 e. The molecule has 1 amide bonds. The van der Waals surface area contributed by atoms with E-state index in [-0.39, 0.29) is 18.0 Å². The molecular formula is C23H25ClN8O. The largest absolute Gasteiger partial charge is 0.369 e. The molecule has 0 aliphatic carbocycles. The molecule has 1 unspecified atom stereocenters. The number of imidazole rings is 1. The van der Waals surface area contributed by atoms with E-state index in [0.29, 0.717) is 16.5 Å². The molecule has 3 N–H and O–H groups in total. The minimum Gasteiger partial charge on any atom is -0.369 e. The topological polar surface area (TPSA) is 112 Å². The molecular weight excluding hydrogens is 440 g/mol. The maximum atomic E-state index is 11.5. The molecule has 0 spiro atoms. The molecule has 4 heterocycles. The van der Waals surface area contributed by atoms with Gasteiger partial charge in [-0.05, 0) is 38.0 Å². The van der Waals surface area contributed by atoms with E-state index in [1.54, 1.807) is 19.4 Å². The van der Waals surface area contributed by atoms with Crippen molar-refractivity contribution in [3.8, 4) is 0 Å². The molecule has 10 heteroatoms. The Bertz CT molecular complexity index is 1310. The molecule has 4 aromatic rings. The van der Waals surface area contributed by atoms with Gasteiger partial charge in [0, 0.05) is 43.2 Å². The van der Waals surface area contributed by atoms with Crippen molar-refractivity contribution in [2.24, 2.45) is 0 Å². The van der Waals surface area contributed by atoms with Gasteiger partial charge in [-0.1, -0.05) is 11.6 Å². The number of anilines is 2. The van der Waals surface area contributed by atoms with E-state index in [2.05, 4.69) is 42.4 Å². The summed E-state index contributed by atoms with van der Waals surface area (Å²) in [5, 5.41) is 8.13. The Labute approximate surface area is 196 Å². The SMILES string of the molecule is CC(=O)NC1CCN(c2c(C(C)Nc3ncnc4nc[nH]c34)cc(Cl)c3cccnc23)CC1. The number of H-pyrrole nitrogens is 1. The summed E-state index contributed by atoms with van der Waals surface area (Å²) in [7, 11) is 0. The minimum absolute atomic E-state index is 0.0144. The van der Waals surface area contributed by atoms with Crippen molar-refractivity contribution in [1.82, 2.24) is 30.2 Å². The molecule has 0 saturated carbocycles. The lowest BCUT2D eigenvalue weighted by molar-refractivity contribution is -0.119. The number of nitrogens with one attached hydrogen (secondary N) is 3. The quantitative estimate of drug-likeness (QED) is 0.411. The fourth-order valence-corrected chi connectivity index (χ4v) is 4.83. The second-order valence-electron chi connectivity index (χ2n) is 8.35. The van der Waals surface area contributed by atoms with Gasteiger partial charge in [0.05, 0.1) is 28.6 Å². The normalized spacial score (nSPS) is 15.7. The molecule has 5 rings (SSSR count). The average molecular weight is 465 g/mol. The lowest BCUT2D eigenvalue weighted by Crippen LogP contribution is -2.44. The Hall–Kier alpha value is -3.46. The van der Waals surface area contributed by atoms with Gasteiger partial charge in [0.2, 0.25) is 5.91 Å². The Morgan fingerprint density at radius 2 is 2.06 bits per heavy atom. The van der Waals surface area contributed by atoms with Gasteiger partial charge >= 0.3 is 0 Å². The fourth-order valence-electron chi connectivity index (χ4n) is 4.56. The highest BCUT2D eigenvalue weighted by atomic mass is 35.5. The zero-order chi connectivity index (χ0) is 22.9. The van der Waals surface area contributed by atoms with E-state index < -0.39 is 0 Å². The van der Waals surface area contributed by atoms with Crippen LogP contribution in [0.25, 0.3) is 22.1 Å². The molecule has 3 aromatic heterocycles. The molecule has 0 radical (unpaired) electrons. The lowest BCUT2D eigenvalue weighted by atomic mass is 9.98. The summed E-state index contributed by atoms with van der Waals surface area (Å²) in [5.74, 6) is 0.693. The van der Waals surface area contributed by atoms with Gasteiger partial charge < -0.3 is 20.5 Å². The molecule has 1 aromatic carbocycles. The lowest BCUT2D eigenvalue weighted by Gasteiger charge is -2.36. The van der Waals surface area contributed by atoms with Gasteiger partial charge in [0.1, 0.15) is 11.8 Å². The van der Waals surface area contributed by atoms with E-state index in [9.17, 15) is 4.79 Å². The number of halogens is 1. The predicted molar refractivity (Wildman–Crippen MR) is 130 cm³/mol. The predicted octanol–water partition coefficient (Wildman–Crippen LogP) is 3.83. The van der Waals surface area contributed by atoms with Crippen molar-refractivity contribution in [2.45, 2.75) is 38.8 Å². The first kappa shape index (κ1) is 21.4. The van der Waals surface area contributed by atoms with Gasteiger partial charge in [0.25, 0.3) is 0 Å². The molecule has 1 aliphatic rings. The van der Waals surface area contributed by atoms with Gasteiger partial charge in [-0.15, -0.1) is 0 Å². The first-order valence-electron chi connectivity index (χ1n) is 11.0. The number of hydrogen-bond acceptors (Lipinski definition) is 7. The van der Waals surface area contributed by atoms with Crippen LogP contribution in [0, 0.1) is 0 Å². The van der Waals surface area contributed by atoms with Gasteiger partial charge in [-0.2, -0.15) is 0 Å². The Balaban J connectivity index is 1.53. The third-order valence-electron chi connectivity index (χ3n) is 6.11. The van der Waals surface area contributed by atoms with Crippen LogP contribution in [-0.2, 0) is 4.79 Å². The van der Waals surface area contributed by atoms with Crippen LogP contribution < -0.4 is 15.5 Å². The van der Waals surface area contributed by atoms with E-state index in [1.807, 2.05) is 18.2 Å². The van der Waals surface area contributed by atoms with Crippen LogP contribution in [0.1, 0.15) is 38.3 Å². The standard InChI is InChI=1S/C23H25ClN8O/c1-13(30-23-20-22(27-11-26-20)28-12-29-23)17-10-18(24)16-4-3-7-25-19(16)21(17)32-8-5-15(6-9-32)31-14(2)33/h3-4,7,10-13,15H,5-6,8-9H2,1-2H3,(H,31,33)(H2,26,27,28,29,30). The summed E-state index contributed by atoms with van der Waals surface area (Å²) in [6.07, 6.45) is 6.65. The van der Waals surface area contributed by atoms with E-state index in [0.717, 1.165) is 53.6 Å². The number of carbonyl (C=O) groups excluding carboxylic acids is 1. The molecule has 170 valence electrons. The molecule has 1 saturated heterocycles. The number of pyridine rings is 1. The van der Waals surface area contributed by atoms with Gasteiger partial charge in [-0.25, -0.2) is 15.0 Å². The van der Waals surface area contributed by atoms with Crippen molar-refractivity contribution < 1.29 is 4.79 Å². The summed E-state index contributed by atoms with van der Waals surface area (Å²) in [6.45, 7) is 5.28. The summed E-state index contributed by atoms with van der Waals surface area (Å²) < 4.78 is 0. The van der Waals surface area contributed by atoms with Crippen LogP contribution in [0.3, 0.4) is 0 Å². The van der Waals surface area contributed by atoms with Gasteiger partial charge in [-0.3, -0.25) is 9.78 Å². The Morgan fingerprint density at radius 3 is 2.85 bits per heavy atom. The summed E-state index contributed by atoms with van der Waals surface area (Å²) in [4.78, 5) is 34.5. The molecule has 1 atom stereocenters. The number of benzene rings is 1. The maximum Gasteiger partial charge on any atom is 0.217 e. The van der Waals surface area contributed by atoms with Crippen molar-refractivity contribution in [2.75, 3.05) is 23.3 Å². The zero-order valence-electron chi connectivity index (χ0n) is 18.5. The monoisotopic (exact) mass is 464 g/mol. The minimum atomic E-state index is -0.113. The third-order valence-corrected chi connectivity index (χ3v) is 6.42. The van der Waals surface area contributed by atoms with Crippen molar-refractivity contribution >= 4 is 51.1 Å². The zero-order valence-corrected chi connectivity index (χ0v) is 19.2. The van der Waals surface area contributed by atoms with Crippen molar-refractivity contribution in [1.29, 1.82) is 0 Å². The summed E-state index contributed by atoms with van der Waals surface area (Å²) in [6, 6.07) is 6.00. The maximum absolute atomic E-state index is 11.5. The van der Waals surface area contributed by atoms with Crippen LogP contribution in [0.5, 0.6) is 0 Å². The number of fused-ring (bicyclic) bond motifs is 2. The number of piperidine rings is 1. The highest BCUT2D eigenvalue weighted by Crippen LogP contribution is 2.39. The number of rotatable bonds is 5. The van der Waals surface area contributed by atoms with E-state index in [4.69, 9.17) is 16.6 Å². The molecule has 1 aliphatic heterocycles. The molecule has 9 nitrogen and oxygen atoms in total. The van der Waals surface area contributed by atoms with Crippen molar-refractivity contribution in [3.63, 3.8) is 0 Å². The highest BCUT2D eigenvalue weighted by molar-refractivity contribution is 6.36. The number of aromatic nitrogens is 5. The van der Waals surface area contributed by atoms with Crippen LogP contribution in [0.4, 0.5) is 11.5 Å². The number of aromatic amines is 1. The molecule has 33 heavy (non-hydrogen) atoms. The number of amides is 1. The van der Waals surface area contributed by atoms with E-state index in [1.165, 1.54) is 6.33 Å². The van der Waals surface area contributed by atoms with Crippen LogP contribution in [0.15, 0.2) is 37.1 Å². The Morgan fingerprint density at radius 1 is 1.24 bits per heavy atom. The van der Waals surface area contributed by atoms with Crippen LogP contribution in [-0.4, -0.2) is 50.0 Å². The highest BCUT2D eigenvalue weighted by Gasteiger charge is 2.26. The molecule has 1 fully saturated rings. The van der Waals surface area contributed by atoms with Crippen molar-refractivity contribution in [3.05, 3.63) is 47.6 Å².